The SMILES string of the molecule is CN=C(/C=C\N(C)C)NC=O. The molecule has 0 aromatic carbocycles. The molecule has 0 bridgehead atoms. The first kappa shape index (κ1) is 9.68. The number of amides is 1. The third kappa shape index (κ3) is 5.14. The average Bonchev–Trinajstić information content (AvgIpc) is 1.97. The molecule has 1 amide bonds. The maximum Gasteiger partial charge on any atom is 0.212 e. The summed E-state index contributed by atoms with van der Waals surface area (Å²) in [6.07, 6.45) is 4.12. The zero-order valence-electron chi connectivity index (χ0n) is 7.03. The maximum atomic E-state index is 9.98. The summed E-state index contributed by atoms with van der Waals surface area (Å²) in [5.74, 6) is 0.550. The zero-order valence-corrected chi connectivity index (χ0v) is 7.03. The molecule has 0 aromatic rings. The summed E-state index contributed by atoms with van der Waals surface area (Å²) in [5.41, 5.74) is 0. The minimum absolute atomic E-state index is 0.550. The molecular weight excluding hydrogens is 142 g/mol. The van der Waals surface area contributed by atoms with Gasteiger partial charge in [-0.15, -0.1) is 0 Å². The minimum Gasteiger partial charge on any atom is -0.383 e. The molecule has 0 aliphatic carbocycles. The fourth-order valence-electron chi connectivity index (χ4n) is 0.467. The number of hydrogen-bond donors (Lipinski definition) is 1. The van der Waals surface area contributed by atoms with Gasteiger partial charge >= 0.3 is 0 Å². The van der Waals surface area contributed by atoms with Gasteiger partial charge in [0.1, 0.15) is 5.84 Å². The largest absolute Gasteiger partial charge is 0.383 e. The Bertz CT molecular complexity index is 173. The molecule has 1 N–H and O–H groups in total. The van der Waals surface area contributed by atoms with Crippen LogP contribution in [-0.2, 0) is 4.79 Å². The highest BCUT2D eigenvalue weighted by atomic mass is 16.1. The Kier molecular flexibility index (Phi) is 4.81. The monoisotopic (exact) mass is 155 g/mol. The van der Waals surface area contributed by atoms with E-state index < -0.39 is 0 Å². The number of amidine groups is 1. The van der Waals surface area contributed by atoms with Gasteiger partial charge in [0.25, 0.3) is 0 Å². The fourth-order valence-corrected chi connectivity index (χ4v) is 0.467. The lowest BCUT2D eigenvalue weighted by atomic mass is 10.5. The van der Waals surface area contributed by atoms with Crippen molar-refractivity contribution in [3.8, 4) is 0 Å². The lowest BCUT2D eigenvalue weighted by Crippen LogP contribution is -2.19. The van der Waals surface area contributed by atoms with Crippen molar-refractivity contribution in [3.05, 3.63) is 12.3 Å². The zero-order chi connectivity index (χ0) is 8.69. The van der Waals surface area contributed by atoms with Gasteiger partial charge in [-0.1, -0.05) is 0 Å². The standard InChI is InChI=1S/C7H13N3O/c1-8-7(9-6-11)4-5-10(2)3/h4-6H,1-3H3,(H,8,9,11)/b5-4-. The molecule has 11 heavy (non-hydrogen) atoms. The van der Waals surface area contributed by atoms with Crippen LogP contribution in [0.4, 0.5) is 0 Å². The Hall–Kier alpha value is -1.32. The molecule has 0 aliphatic rings. The highest BCUT2D eigenvalue weighted by Crippen LogP contribution is 1.79. The van der Waals surface area contributed by atoms with E-state index in [-0.39, 0.29) is 0 Å². The maximum absolute atomic E-state index is 9.98. The summed E-state index contributed by atoms with van der Waals surface area (Å²) < 4.78 is 0. The lowest BCUT2D eigenvalue weighted by Gasteiger charge is -2.03. The summed E-state index contributed by atoms with van der Waals surface area (Å²) in [6.45, 7) is 0. The Balaban J connectivity index is 3.98. The van der Waals surface area contributed by atoms with Gasteiger partial charge in [-0.25, -0.2) is 0 Å². The molecule has 0 spiro atoms. The number of carbonyl (C=O) groups excluding carboxylic acids is 1. The molecule has 0 fully saturated rings. The van der Waals surface area contributed by atoms with E-state index in [1.807, 2.05) is 19.0 Å². The van der Waals surface area contributed by atoms with Crippen molar-refractivity contribution < 1.29 is 4.79 Å². The number of nitrogens with one attached hydrogen (secondary N) is 1. The van der Waals surface area contributed by atoms with Crippen molar-refractivity contribution in [2.45, 2.75) is 0 Å². The van der Waals surface area contributed by atoms with Crippen LogP contribution in [-0.4, -0.2) is 38.3 Å². The molecule has 0 saturated heterocycles. The average molecular weight is 155 g/mol. The number of rotatable bonds is 3. The van der Waals surface area contributed by atoms with Gasteiger partial charge in [0.15, 0.2) is 0 Å². The van der Waals surface area contributed by atoms with Crippen LogP contribution in [0.25, 0.3) is 0 Å². The third-order valence-electron chi connectivity index (χ3n) is 0.978. The van der Waals surface area contributed by atoms with Gasteiger partial charge < -0.3 is 10.2 Å². The number of hydrogen-bond acceptors (Lipinski definition) is 3. The quantitative estimate of drug-likeness (QED) is 0.349. The first-order valence-electron chi connectivity index (χ1n) is 3.22. The van der Waals surface area contributed by atoms with Crippen molar-refractivity contribution in [3.63, 3.8) is 0 Å². The van der Waals surface area contributed by atoms with E-state index in [0.29, 0.717) is 12.2 Å². The second-order valence-electron chi connectivity index (χ2n) is 2.15. The minimum atomic E-state index is 0.550. The summed E-state index contributed by atoms with van der Waals surface area (Å²) in [6, 6.07) is 0. The van der Waals surface area contributed by atoms with Crippen LogP contribution in [0.2, 0.25) is 0 Å². The molecule has 0 atom stereocenters. The molecule has 0 heterocycles. The van der Waals surface area contributed by atoms with E-state index in [2.05, 4.69) is 10.3 Å². The predicted molar refractivity (Wildman–Crippen MR) is 45.4 cm³/mol. The molecule has 0 radical (unpaired) electrons. The summed E-state index contributed by atoms with van der Waals surface area (Å²) in [4.78, 5) is 15.6. The van der Waals surface area contributed by atoms with Crippen molar-refractivity contribution in [2.24, 2.45) is 4.99 Å². The third-order valence-corrected chi connectivity index (χ3v) is 0.978. The number of carbonyl (C=O) groups is 1. The molecule has 4 nitrogen and oxygen atoms in total. The smallest absolute Gasteiger partial charge is 0.212 e. The lowest BCUT2D eigenvalue weighted by molar-refractivity contribution is -0.108. The van der Waals surface area contributed by atoms with Crippen LogP contribution in [0.1, 0.15) is 0 Å². The van der Waals surface area contributed by atoms with Crippen LogP contribution >= 0.6 is 0 Å². The molecule has 0 aliphatic heterocycles. The number of aliphatic imine (C=N–C) groups is 1. The fraction of sp³-hybridized carbons (Fsp3) is 0.429. The van der Waals surface area contributed by atoms with E-state index in [4.69, 9.17) is 0 Å². The van der Waals surface area contributed by atoms with Gasteiger partial charge in [0, 0.05) is 27.3 Å². The van der Waals surface area contributed by atoms with Gasteiger partial charge in [0.05, 0.1) is 0 Å². The summed E-state index contributed by atoms with van der Waals surface area (Å²) in [7, 11) is 5.40. The Labute approximate surface area is 66.6 Å². The number of nitrogens with zero attached hydrogens (tertiary/aromatic N) is 2. The molecule has 0 unspecified atom stereocenters. The Morgan fingerprint density at radius 1 is 1.55 bits per heavy atom. The van der Waals surface area contributed by atoms with Gasteiger partial charge in [-0.2, -0.15) is 0 Å². The van der Waals surface area contributed by atoms with Crippen LogP contribution in [0.3, 0.4) is 0 Å². The van der Waals surface area contributed by atoms with Gasteiger partial charge in [-0.05, 0) is 6.08 Å². The molecule has 4 heteroatoms. The molecular formula is C7H13N3O. The molecule has 0 rings (SSSR count). The molecule has 0 aromatic heterocycles. The Morgan fingerprint density at radius 2 is 2.18 bits per heavy atom. The van der Waals surface area contributed by atoms with Crippen molar-refractivity contribution in [2.75, 3.05) is 21.1 Å². The highest BCUT2D eigenvalue weighted by molar-refractivity contribution is 5.98. The van der Waals surface area contributed by atoms with Crippen molar-refractivity contribution in [1.82, 2.24) is 10.2 Å². The second kappa shape index (κ2) is 5.46. The van der Waals surface area contributed by atoms with E-state index in [1.54, 1.807) is 19.3 Å². The van der Waals surface area contributed by atoms with Gasteiger partial charge in [-0.3, -0.25) is 9.79 Å². The summed E-state index contributed by atoms with van der Waals surface area (Å²) >= 11 is 0. The normalized spacial score (nSPS) is 11.7. The second-order valence-corrected chi connectivity index (χ2v) is 2.15. The first-order valence-corrected chi connectivity index (χ1v) is 3.22. The van der Waals surface area contributed by atoms with E-state index in [1.165, 1.54) is 0 Å². The molecule has 62 valence electrons. The first-order chi connectivity index (χ1) is 5.20. The topological polar surface area (TPSA) is 44.7 Å². The molecule has 0 saturated carbocycles. The predicted octanol–water partition coefficient (Wildman–Crippen LogP) is -0.164. The van der Waals surface area contributed by atoms with Crippen LogP contribution in [0.15, 0.2) is 17.3 Å². The van der Waals surface area contributed by atoms with E-state index in [9.17, 15) is 4.79 Å². The summed E-state index contributed by atoms with van der Waals surface area (Å²) in [5, 5.41) is 2.44. The highest BCUT2D eigenvalue weighted by Gasteiger charge is 1.87. The van der Waals surface area contributed by atoms with Crippen LogP contribution in [0.5, 0.6) is 0 Å². The van der Waals surface area contributed by atoms with Crippen molar-refractivity contribution >= 4 is 12.2 Å². The van der Waals surface area contributed by atoms with Crippen LogP contribution < -0.4 is 5.32 Å². The van der Waals surface area contributed by atoms with E-state index in [0.717, 1.165) is 0 Å². The Morgan fingerprint density at radius 3 is 2.55 bits per heavy atom. The van der Waals surface area contributed by atoms with Gasteiger partial charge in [0.2, 0.25) is 6.41 Å². The van der Waals surface area contributed by atoms with Crippen molar-refractivity contribution in [1.29, 1.82) is 0 Å². The van der Waals surface area contributed by atoms with E-state index >= 15 is 0 Å². The van der Waals surface area contributed by atoms with Crippen LogP contribution in [0, 0.1) is 0 Å².